The van der Waals surface area contributed by atoms with Gasteiger partial charge in [0.05, 0.1) is 12.5 Å². The fourth-order valence-corrected chi connectivity index (χ4v) is 1.92. The number of imide groups is 1. The molecule has 0 aliphatic carbocycles. The highest BCUT2D eigenvalue weighted by Gasteiger charge is 2.19. The summed E-state index contributed by atoms with van der Waals surface area (Å²) < 4.78 is 4.83. The predicted octanol–water partition coefficient (Wildman–Crippen LogP) is 0.643. The molecule has 1 rings (SSSR count). The van der Waals surface area contributed by atoms with Crippen LogP contribution in [0.2, 0.25) is 0 Å². The molecule has 0 saturated heterocycles. The molecule has 4 amide bonds. The van der Waals surface area contributed by atoms with Crippen LogP contribution in [0.25, 0.3) is 0 Å². The molecule has 1 aromatic carbocycles. The highest BCUT2D eigenvalue weighted by Crippen LogP contribution is 2.17. The number of rotatable bonds is 7. The summed E-state index contributed by atoms with van der Waals surface area (Å²) >= 11 is 0. The Hall–Kier alpha value is -2.90. The number of amides is 4. The Morgan fingerprint density at radius 3 is 2.38 bits per heavy atom. The molecule has 0 aromatic heterocycles. The van der Waals surface area contributed by atoms with Crippen molar-refractivity contribution in [1.29, 1.82) is 0 Å². The summed E-state index contributed by atoms with van der Waals surface area (Å²) in [5.74, 6) is -1.68. The van der Waals surface area contributed by atoms with Crippen molar-refractivity contribution < 1.29 is 23.9 Å². The van der Waals surface area contributed by atoms with E-state index in [4.69, 9.17) is 4.74 Å². The van der Waals surface area contributed by atoms with E-state index in [0.29, 0.717) is 6.54 Å². The SMILES string of the molecule is CCNC(=O)NC(=O)COC(=O)C[C@@H](NC(C)=O)c1ccccc1. The quantitative estimate of drug-likeness (QED) is 0.633. The van der Waals surface area contributed by atoms with Gasteiger partial charge >= 0.3 is 12.0 Å². The average molecular weight is 335 g/mol. The molecule has 0 saturated carbocycles. The number of carbonyl (C=O) groups excluding carboxylic acids is 4. The molecule has 0 radical (unpaired) electrons. The van der Waals surface area contributed by atoms with Gasteiger partial charge in [-0.05, 0) is 12.5 Å². The number of hydrogen-bond donors (Lipinski definition) is 3. The fourth-order valence-electron chi connectivity index (χ4n) is 1.92. The number of esters is 1. The zero-order valence-corrected chi connectivity index (χ0v) is 13.6. The lowest BCUT2D eigenvalue weighted by Crippen LogP contribution is -2.41. The lowest BCUT2D eigenvalue weighted by molar-refractivity contribution is -0.148. The minimum Gasteiger partial charge on any atom is -0.455 e. The van der Waals surface area contributed by atoms with Gasteiger partial charge in [-0.3, -0.25) is 19.7 Å². The van der Waals surface area contributed by atoms with Gasteiger partial charge in [-0.2, -0.15) is 0 Å². The summed E-state index contributed by atoms with van der Waals surface area (Å²) in [4.78, 5) is 45.8. The van der Waals surface area contributed by atoms with E-state index in [1.165, 1.54) is 6.92 Å². The summed E-state index contributed by atoms with van der Waals surface area (Å²) in [6, 6.07) is 7.73. The smallest absolute Gasteiger partial charge is 0.321 e. The monoisotopic (exact) mass is 335 g/mol. The second-order valence-corrected chi connectivity index (χ2v) is 4.94. The molecular formula is C16H21N3O5. The van der Waals surface area contributed by atoms with Crippen LogP contribution in [-0.2, 0) is 19.1 Å². The zero-order chi connectivity index (χ0) is 17.9. The largest absolute Gasteiger partial charge is 0.455 e. The van der Waals surface area contributed by atoms with Crippen molar-refractivity contribution in [3.63, 3.8) is 0 Å². The Kier molecular flexibility index (Phi) is 7.97. The summed E-state index contributed by atoms with van der Waals surface area (Å²) in [5.41, 5.74) is 0.747. The van der Waals surface area contributed by atoms with Crippen LogP contribution in [0, 0.1) is 0 Å². The first kappa shape index (κ1) is 19.1. The lowest BCUT2D eigenvalue weighted by Gasteiger charge is -2.17. The van der Waals surface area contributed by atoms with Gasteiger partial charge < -0.3 is 15.4 Å². The topological polar surface area (TPSA) is 114 Å². The fraction of sp³-hybridized carbons (Fsp3) is 0.375. The van der Waals surface area contributed by atoms with E-state index in [2.05, 4.69) is 10.6 Å². The molecule has 0 bridgehead atoms. The molecule has 0 heterocycles. The molecule has 8 nitrogen and oxygen atoms in total. The second kappa shape index (κ2) is 9.98. The number of hydrogen-bond acceptors (Lipinski definition) is 5. The van der Waals surface area contributed by atoms with Crippen LogP contribution in [0.3, 0.4) is 0 Å². The predicted molar refractivity (Wildman–Crippen MR) is 85.8 cm³/mol. The van der Waals surface area contributed by atoms with Gasteiger partial charge in [0.1, 0.15) is 0 Å². The number of carbonyl (C=O) groups is 4. The third kappa shape index (κ3) is 7.39. The molecule has 130 valence electrons. The third-order valence-electron chi connectivity index (χ3n) is 2.90. The Labute approximate surface area is 139 Å². The van der Waals surface area contributed by atoms with Crippen molar-refractivity contribution in [3.05, 3.63) is 35.9 Å². The van der Waals surface area contributed by atoms with Crippen LogP contribution in [0.15, 0.2) is 30.3 Å². The minimum atomic E-state index is -0.731. The normalized spacial score (nSPS) is 11.1. The Morgan fingerprint density at radius 2 is 1.79 bits per heavy atom. The molecule has 1 aromatic rings. The van der Waals surface area contributed by atoms with E-state index in [0.717, 1.165) is 5.56 Å². The average Bonchev–Trinajstić information content (AvgIpc) is 2.53. The number of urea groups is 1. The molecule has 0 aliphatic rings. The molecule has 0 spiro atoms. The van der Waals surface area contributed by atoms with Crippen molar-refractivity contribution in [3.8, 4) is 0 Å². The summed E-state index contributed by atoms with van der Waals surface area (Å²) in [6.45, 7) is 2.85. The van der Waals surface area contributed by atoms with Gasteiger partial charge in [0, 0.05) is 13.5 Å². The Morgan fingerprint density at radius 1 is 1.12 bits per heavy atom. The van der Waals surface area contributed by atoms with Crippen molar-refractivity contribution in [2.75, 3.05) is 13.2 Å². The summed E-state index contributed by atoms with van der Waals surface area (Å²) in [7, 11) is 0. The van der Waals surface area contributed by atoms with Crippen molar-refractivity contribution in [1.82, 2.24) is 16.0 Å². The van der Waals surface area contributed by atoms with Crippen LogP contribution in [-0.4, -0.2) is 37.0 Å². The third-order valence-corrected chi connectivity index (χ3v) is 2.90. The van der Waals surface area contributed by atoms with Crippen molar-refractivity contribution in [2.24, 2.45) is 0 Å². The molecule has 8 heteroatoms. The lowest BCUT2D eigenvalue weighted by atomic mass is 10.0. The number of nitrogens with one attached hydrogen (secondary N) is 3. The molecule has 0 unspecified atom stereocenters. The van der Waals surface area contributed by atoms with Crippen LogP contribution in [0.4, 0.5) is 4.79 Å². The second-order valence-electron chi connectivity index (χ2n) is 4.94. The molecule has 3 N–H and O–H groups in total. The Balaban J connectivity index is 2.52. The van der Waals surface area contributed by atoms with E-state index in [-0.39, 0.29) is 12.3 Å². The van der Waals surface area contributed by atoms with Gasteiger partial charge in [0.15, 0.2) is 6.61 Å². The van der Waals surface area contributed by atoms with Gasteiger partial charge in [-0.1, -0.05) is 30.3 Å². The first-order valence-electron chi connectivity index (χ1n) is 7.47. The van der Waals surface area contributed by atoms with E-state index in [1.807, 2.05) is 11.4 Å². The number of ether oxygens (including phenoxy) is 1. The standard InChI is InChI=1S/C16H21N3O5/c1-3-17-16(23)19-14(21)10-24-15(22)9-13(18-11(2)20)12-7-5-4-6-8-12/h4-8,13H,3,9-10H2,1-2H3,(H,18,20)(H2,17,19,21,23)/t13-/m1/s1. The summed E-state index contributed by atoms with van der Waals surface area (Å²) in [5, 5.41) is 7.06. The summed E-state index contributed by atoms with van der Waals surface area (Å²) in [6.07, 6.45) is -0.127. The number of benzene rings is 1. The first-order chi connectivity index (χ1) is 11.4. The maximum Gasteiger partial charge on any atom is 0.321 e. The zero-order valence-electron chi connectivity index (χ0n) is 13.6. The van der Waals surface area contributed by atoms with Crippen LogP contribution in [0.1, 0.15) is 31.9 Å². The van der Waals surface area contributed by atoms with Crippen molar-refractivity contribution in [2.45, 2.75) is 26.3 Å². The van der Waals surface area contributed by atoms with Gasteiger partial charge in [0.25, 0.3) is 5.91 Å². The van der Waals surface area contributed by atoms with Crippen LogP contribution >= 0.6 is 0 Å². The highest BCUT2D eigenvalue weighted by molar-refractivity contribution is 5.95. The molecule has 0 aliphatic heterocycles. The highest BCUT2D eigenvalue weighted by atomic mass is 16.5. The molecule has 1 atom stereocenters. The maximum atomic E-state index is 11.9. The molecule has 24 heavy (non-hydrogen) atoms. The molecular weight excluding hydrogens is 314 g/mol. The van der Waals surface area contributed by atoms with Crippen LogP contribution < -0.4 is 16.0 Å². The van der Waals surface area contributed by atoms with Gasteiger partial charge in [-0.25, -0.2) is 4.79 Å². The van der Waals surface area contributed by atoms with Gasteiger partial charge in [0.2, 0.25) is 5.91 Å². The maximum absolute atomic E-state index is 11.9. The van der Waals surface area contributed by atoms with Crippen molar-refractivity contribution >= 4 is 23.8 Å². The molecule has 0 fully saturated rings. The Bertz CT molecular complexity index is 589. The van der Waals surface area contributed by atoms with Crippen LogP contribution in [0.5, 0.6) is 0 Å². The van der Waals surface area contributed by atoms with E-state index in [1.54, 1.807) is 31.2 Å². The van der Waals surface area contributed by atoms with E-state index in [9.17, 15) is 19.2 Å². The van der Waals surface area contributed by atoms with E-state index < -0.39 is 30.6 Å². The first-order valence-corrected chi connectivity index (χ1v) is 7.47. The minimum absolute atomic E-state index is 0.127. The van der Waals surface area contributed by atoms with E-state index >= 15 is 0 Å². The van der Waals surface area contributed by atoms with Gasteiger partial charge in [-0.15, -0.1) is 0 Å².